The highest BCUT2D eigenvalue weighted by Crippen LogP contribution is 2.67. The Morgan fingerprint density at radius 2 is 1.87 bits per heavy atom. The van der Waals surface area contributed by atoms with Gasteiger partial charge in [0.05, 0.1) is 0 Å². The van der Waals surface area contributed by atoms with Crippen LogP contribution in [0.3, 0.4) is 0 Å². The van der Waals surface area contributed by atoms with E-state index in [1.165, 1.54) is 69.9 Å². The van der Waals surface area contributed by atoms with Crippen molar-refractivity contribution in [3.63, 3.8) is 0 Å². The lowest BCUT2D eigenvalue weighted by Crippen LogP contribution is -2.50. The van der Waals surface area contributed by atoms with Crippen LogP contribution in [0.4, 0.5) is 0 Å². The Labute approximate surface area is 184 Å². The van der Waals surface area contributed by atoms with Gasteiger partial charge >= 0.3 is 0 Å². The highest BCUT2D eigenvalue weighted by Gasteiger charge is 2.59. The zero-order chi connectivity index (χ0) is 21.1. The summed E-state index contributed by atoms with van der Waals surface area (Å²) in [4.78, 5) is 14.7. The minimum absolute atomic E-state index is 0.310. The van der Waals surface area contributed by atoms with Gasteiger partial charge in [-0.2, -0.15) is 0 Å². The number of ketones is 1. The fourth-order valence-electron chi connectivity index (χ4n) is 8.97. The lowest BCUT2D eigenvalue weighted by atomic mass is 9.46. The number of nitrogens with zero attached hydrogens (tertiary/aromatic N) is 1. The van der Waals surface area contributed by atoms with Crippen LogP contribution in [0, 0.1) is 34.5 Å². The van der Waals surface area contributed by atoms with E-state index in [2.05, 4.69) is 44.9 Å². The van der Waals surface area contributed by atoms with Gasteiger partial charge in [-0.1, -0.05) is 25.0 Å². The maximum Gasteiger partial charge on any atom is 0.155 e. The van der Waals surface area contributed by atoms with Gasteiger partial charge in [-0.05, 0) is 125 Å². The monoisotopic (exact) mass is 409 g/mol. The first-order chi connectivity index (χ1) is 14.3. The third-order valence-corrected chi connectivity index (χ3v) is 10.7. The zero-order valence-corrected chi connectivity index (χ0v) is 19.9. The highest BCUT2D eigenvalue weighted by atomic mass is 16.1. The number of hydrogen-bond acceptors (Lipinski definition) is 2. The molecular weight excluding hydrogens is 366 g/mol. The molecule has 0 radical (unpaired) electrons. The summed E-state index contributed by atoms with van der Waals surface area (Å²) in [7, 11) is 0. The quantitative estimate of drug-likeness (QED) is 0.494. The molecule has 1 heterocycles. The first-order valence-corrected chi connectivity index (χ1v) is 13.0. The van der Waals surface area contributed by atoms with Crippen molar-refractivity contribution in [2.75, 3.05) is 6.54 Å². The Morgan fingerprint density at radius 1 is 1.03 bits per heavy atom. The molecule has 4 aliphatic carbocycles. The molecule has 0 aromatic carbocycles. The minimum atomic E-state index is 0.310. The molecule has 0 bridgehead atoms. The number of piperidine rings is 1. The summed E-state index contributed by atoms with van der Waals surface area (Å²) in [5.41, 5.74) is 3.97. The Hall–Kier alpha value is -1.05. The van der Waals surface area contributed by atoms with Crippen LogP contribution in [0.5, 0.6) is 0 Å². The van der Waals surface area contributed by atoms with Crippen molar-refractivity contribution in [3.05, 3.63) is 23.4 Å². The second-order valence-corrected chi connectivity index (χ2v) is 12.1. The van der Waals surface area contributed by atoms with E-state index < -0.39 is 0 Å². The zero-order valence-electron chi connectivity index (χ0n) is 19.9. The molecule has 5 aliphatic rings. The third kappa shape index (κ3) is 3.15. The van der Waals surface area contributed by atoms with Gasteiger partial charge in [0, 0.05) is 19.0 Å². The van der Waals surface area contributed by atoms with Gasteiger partial charge in [-0.15, -0.1) is 0 Å². The highest BCUT2D eigenvalue weighted by molar-refractivity contribution is 5.91. The van der Waals surface area contributed by atoms with Crippen LogP contribution >= 0.6 is 0 Å². The number of likely N-dealkylation sites (tertiary alicyclic amines) is 1. The summed E-state index contributed by atoms with van der Waals surface area (Å²) in [6, 6.07) is 0.715. The summed E-state index contributed by atoms with van der Waals surface area (Å²) in [5.74, 6) is 3.74. The van der Waals surface area contributed by atoms with E-state index in [4.69, 9.17) is 0 Å². The number of carbonyl (C=O) groups excluding carboxylic acids is 1. The molecule has 0 spiro atoms. The van der Waals surface area contributed by atoms with Gasteiger partial charge in [-0.3, -0.25) is 4.79 Å². The van der Waals surface area contributed by atoms with E-state index in [-0.39, 0.29) is 0 Å². The largest absolute Gasteiger partial charge is 0.375 e. The first kappa shape index (κ1) is 20.8. The lowest BCUT2D eigenvalue weighted by molar-refractivity contribution is -0.117. The molecule has 3 saturated carbocycles. The van der Waals surface area contributed by atoms with Crippen molar-refractivity contribution in [2.45, 2.75) is 104 Å². The fraction of sp³-hybridized carbons (Fsp3) is 0.821. The molecule has 2 nitrogen and oxygen atoms in total. The molecule has 5 rings (SSSR count). The summed E-state index contributed by atoms with van der Waals surface area (Å²) in [6.45, 7) is 11.3. The van der Waals surface area contributed by atoms with Crippen LogP contribution < -0.4 is 0 Å². The average Bonchev–Trinajstić information content (AvgIpc) is 3.07. The van der Waals surface area contributed by atoms with Gasteiger partial charge in [0.15, 0.2) is 5.78 Å². The molecule has 166 valence electrons. The second kappa shape index (κ2) is 7.52. The Kier molecular flexibility index (Phi) is 5.22. The summed E-state index contributed by atoms with van der Waals surface area (Å²) >= 11 is 0. The minimum Gasteiger partial charge on any atom is -0.375 e. The predicted octanol–water partition coefficient (Wildman–Crippen LogP) is 6.91. The average molecular weight is 410 g/mol. The molecule has 1 aliphatic heterocycles. The van der Waals surface area contributed by atoms with E-state index >= 15 is 0 Å². The topological polar surface area (TPSA) is 20.3 Å². The Bertz CT molecular complexity index is 765. The molecule has 0 aromatic heterocycles. The second-order valence-electron chi connectivity index (χ2n) is 12.1. The van der Waals surface area contributed by atoms with E-state index in [0.717, 1.165) is 36.5 Å². The molecule has 0 amide bonds. The van der Waals surface area contributed by atoms with Crippen LogP contribution in [0.25, 0.3) is 0 Å². The lowest BCUT2D eigenvalue weighted by Gasteiger charge is -2.58. The van der Waals surface area contributed by atoms with Crippen LogP contribution in [-0.2, 0) is 4.79 Å². The van der Waals surface area contributed by atoms with Gasteiger partial charge < -0.3 is 4.90 Å². The number of fused-ring (bicyclic) bond motifs is 5. The standard InChI is InChI=1S/C28H43NO/c1-19(18-29-16-6-5-7-20(29)2)24-10-11-25-23-9-8-21-17-22(30)12-14-27(21,3)26(23)13-15-28(24,25)4/h17-18,20,23-26H,5-16H2,1-4H3/t20?,23-,24+,25-,26-,27-,28+/m0/s1. The number of carbonyl (C=O) groups is 1. The van der Waals surface area contributed by atoms with E-state index in [1.54, 1.807) is 5.57 Å². The summed E-state index contributed by atoms with van der Waals surface area (Å²) < 4.78 is 0. The van der Waals surface area contributed by atoms with Crippen LogP contribution in [0.1, 0.15) is 98.3 Å². The smallest absolute Gasteiger partial charge is 0.155 e. The molecule has 30 heavy (non-hydrogen) atoms. The van der Waals surface area contributed by atoms with Crippen LogP contribution in [-0.4, -0.2) is 23.3 Å². The van der Waals surface area contributed by atoms with E-state index in [0.29, 0.717) is 22.7 Å². The van der Waals surface area contributed by atoms with E-state index in [1.807, 2.05) is 0 Å². The summed E-state index contributed by atoms with van der Waals surface area (Å²) in [6.07, 6.45) is 18.7. The maximum atomic E-state index is 12.1. The van der Waals surface area contributed by atoms with Crippen molar-refractivity contribution in [1.82, 2.24) is 4.90 Å². The van der Waals surface area contributed by atoms with Crippen molar-refractivity contribution in [1.29, 1.82) is 0 Å². The Balaban J connectivity index is 1.38. The maximum absolute atomic E-state index is 12.1. The van der Waals surface area contributed by atoms with E-state index in [9.17, 15) is 4.79 Å². The number of allylic oxidation sites excluding steroid dienone is 2. The number of rotatable bonds is 2. The molecule has 1 unspecified atom stereocenters. The van der Waals surface area contributed by atoms with Crippen LogP contribution in [0.2, 0.25) is 0 Å². The van der Waals surface area contributed by atoms with Gasteiger partial charge in [0.1, 0.15) is 0 Å². The van der Waals surface area contributed by atoms with Crippen molar-refractivity contribution >= 4 is 5.78 Å². The predicted molar refractivity (Wildman–Crippen MR) is 124 cm³/mol. The molecule has 7 atom stereocenters. The fourth-order valence-corrected chi connectivity index (χ4v) is 8.97. The van der Waals surface area contributed by atoms with Gasteiger partial charge in [0.25, 0.3) is 0 Å². The molecule has 0 aromatic rings. The summed E-state index contributed by atoms with van der Waals surface area (Å²) in [5, 5.41) is 0. The molecule has 2 heteroatoms. The molecule has 4 fully saturated rings. The SMILES string of the molecule is CC(=CN1CCCCC1C)[C@H]1CC[C@H]2[C@@H]3CCC4=CC(=O)CC[C@]4(C)[C@H]3CC[C@]12C. The van der Waals surface area contributed by atoms with Gasteiger partial charge in [-0.25, -0.2) is 0 Å². The normalized spacial score (nSPS) is 46.7. The van der Waals surface area contributed by atoms with Crippen molar-refractivity contribution in [3.8, 4) is 0 Å². The molecular formula is C28H43NO. The molecule has 0 N–H and O–H groups in total. The third-order valence-electron chi connectivity index (χ3n) is 10.7. The van der Waals surface area contributed by atoms with Crippen molar-refractivity contribution in [2.24, 2.45) is 34.5 Å². The number of hydrogen-bond donors (Lipinski definition) is 0. The Morgan fingerprint density at radius 3 is 2.67 bits per heavy atom. The molecule has 1 saturated heterocycles. The van der Waals surface area contributed by atoms with Gasteiger partial charge in [0.2, 0.25) is 0 Å². The van der Waals surface area contributed by atoms with Crippen LogP contribution in [0.15, 0.2) is 23.4 Å². The van der Waals surface area contributed by atoms with Crippen molar-refractivity contribution < 1.29 is 4.79 Å². The first-order valence-electron chi connectivity index (χ1n) is 13.0.